The fraction of sp³-hybridized carbons (Fsp3) is 0.333. The molecular weight excluding hydrogens is 342 g/mol. The lowest BCUT2D eigenvalue weighted by Gasteiger charge is -2.21. The SMILES string of the molecule is CCOC(=O)CN(Cc1ccccc1)C(=O)COC(=O)C=C(C)C(=O)O. The van der Waals surface area contributed by atoms with Gasteiger partial charge in [0.05, 0.1) is 6.61 Å². The summed E-state index contributed by atoms with van der Waals surface area (Å²) in [4.78, 5) is 47.4. The van der Waals surface area contributed by atoms with E-state index in [1.54, 1.807) is 31.2 Å². The van der Waals surface area contributed by atoms with Gasteiger partial charge in [0.25, 0.3) is 5.91 Å². The van der Waals surface area contributed by atoms with Crippen molar-refractivity contribution in [2.45, 2.75) is 20.4 Å². The number of hydrogen-bond donors (Lipinski definition) is 1. The molecule has 8 heteroatoms. The third-order valence-corrected chi connectivity index (χ3v) is 3.20. The molecule has 26 heavy (non-hydrogen) atoms. The van der Waals surface area contributed by atoms with Crippen molar-refractivity contribution in [1.82, 2.24) is 4.90 Å². The zero-order chi connectivity index (χ0) is 19.5. The second-order valence-electron chi connectivity index (χ2n) is 5.28. The van der Waals surface area contributed by atoms with Crippen molar-refractivity contribution in [3.05, 3.63) is 47.5 Å². The summed E-state index contributed by atoms with van der Waals surface area (Å²) in [6.45, 7) is 2.30. The summed E-state index contributed by atoms with van der Waals surface area (Å²) >= 11 is 0. The topological polar surface area (TPSA) is 110 Å². The molecule has 1 aromatic carbocycles. The quantitative estimate of drug-likeness (QED) is 0.517. The maximum Gasteiger partial charge on any atom is 0.331 e. The van der Waals surface area contributed by atoms with E-state index in [-0.39, 0.29) is 25.3 Å². The van der Waals surface area contributed by atoms with Crippen molar-refractivity contribution in [2.75, 3.05) is 19.8 Å². The number of hydrogen-bond acceptors (Lipinski definition) is 6. The molecule has 1 amide bonds. The minimum atomic E-state index is -1.26. The third-order valence-electron chi connectivity index (χ3n) is 3.20. The van der Waals surface area contributed by atoms with Crippen LogP contribution in [0.1, 0.15) is 19.4 Å². The van der Waals surface area contributed by atoms with E-state index >= 15 is 0 Å². The molecule has 1 N–H and O–H groups in total. The molecule has 0 heterocycles. The predicted octanol–water partition coefficient (Wildman–Crippen LogP) is 1.15. The largest absolute Gasteiger partial charge is 0.478 e. The van der Waals surface area contributed by atoms with Crippen molar-refractivity contribution < 1.29 is 33.8 Å². The lowest BCUT2D eigenvalue weighted by atomic mass is 10.2. The Labute approximate surface area is 151 Å². The van der Waals surface area contributed by atoms with Crippen LogP contribution < -0.4 is 0 Å². The summed E-state index contributed by atoms with van der Waals surface area (Å²) in [5.41, 5.74) is 0.577. The van der Waals surface area contributed by atoms with E-state index in [4.69, 9.17) is 14.6 Å². The Morgan fingerprint density at radius 2 is 1.77 bits per heavy atom. The fourth-order valence-electron chi connectivity index (χ4n) is 1.90. The van der Waals surface area contributed by atoms with Crippen LogP contribution in [-0.4, -0.2) is 53.6 Å². The Kier molecular flexibility index (Phi) is 8.56. The molecule has 0 aromatic heterocycles. The van der Waals surface area contributed by atoms with Crippen LogP contribution in [-0.2, 0) is 35.2 Å². The van der Waals surface area contributed by atoms with E-state index < -0.39 is 30.4 Å². The zero-order valence-corrected chi connectivity index (χ0v) is 14.6. The first-order chi connectivity index (χ1) is 12.3. The second-order valence-corrected chi connectivity index (χ2v) is 5.28. The number of esters is 2. The highest BCUT2D eigenvalue weighted by Crippen LogP contribution is 2.06. The molecule has 0 atom stereocenters. The van der Waals surface area contributed by atoms with Gasteiger partial charge < -0.3 is 19.5 Å². The van der Waals surface area contributed by atoms with Gasteiger partial charge in [-0.05, 0) is 19.4 Å². The summed E-state index contributed by atoms with van der Waals surface area (Å²) in [5.74, 6) is -3.39. The van der Waals surface area contributed by atoms with Gasteiger partial charge in [0.15, 0.2) is 6.61 Å². The summed E-state index contributed by atoms with van der Waals surface area (Å²) in [6.07, 6.45) is 0.780. The van der Waals surface area contributed by atoms with Crippen LogP contribution in [0.5, 0.6) is 0 Å². The van der Waals surface area contributed by atoms with Gasteiger partial charge in [-0.2, -0.15) is 0 Å². The normalized spacial score (nSPS) is 10.8. The van der Waals surface area contributed by atoms with Gasteiger partial charge in [0, 0.05) is 18.2 Å². The number of carboxylic acid groups (broad SMARTS) is 1. The first-order valence-electron chi connectivity index (χ1n) is 7.89. The molecule has 0 saturated carbocycles. The Morgan fingerprint density at radius 3 is 2.35 bits per heavy atom. The number of carbonyl (C=O) groups excluding carboxylic acids is 3. The highest BCUT2D eigenvalue weighted by atomic mass is 16.5. The van der Waals surface area contributed by atoms with Crippen LogP contribution in [0.4, 0.5) is 0 Å². The van der Waals surface area contributed by atoms with Crippen molar-refractivity contribution >= 4 is 23.8 Å². The van der Waals surface area contributed by atoms with Gasteiger partial charge in [-0.15, -0.1) is 0 Å². The number of rotatable bonds is 9. The van der Waals surface area contributed by atoms with E-state index in [2.05, 4.69) is 0 Å². The van der Waals surface area contributed by atoms with Gasteiger partial charge in [0.1, 0.15) is 6.54 Å². The van der Waals surface area contributed by atoms with Gasteiger partial charge in [-0.25, -0.2) is 9.59 Å². The minimum absolute atomic E-state index is 0.139. The fourth-order valence-corrected chi connectivity index (χ4v) is 1.90. The van der Waals surface area contributed by atoms with Crippen LogP contribution in [0.2, 0.25) is 0 Å². The molecule has 0 aliphatic heterocycles. The smallest absolute Gasteiger partial charge is 0.331 e. The molecule has 0 fully saturated rings. The molecule has 0 aliphatic rings. The van der Waals surface area contributed by atoms with Gasteiger partial charge in [0.2, 0.25) is 0 Å². The number of ether oxygens (including phenoxy) is 2. The number of carbonyl (C=O) groups is 4. The minimum Gasteiger partial charge on any atom is -0.478 e. The highest BCUT2D eigenvalue weighted by molar-refractivity contribution is 5.95. The molecule has 1 rings (SSSR count). The van der Waals surface area contributed by atoms with Gasteiger partial charge in [-0.1, -0.05) is 30.3 Å². The molecule has 0 spiro atoms. The lowest BCUT2D eigenvalue weighted by Crippen LogP contribution is -2.38. The molecule has 8 nitrogen and oxygen atoms in total. The maximum absolute atomic E-state index is 12.3. The summed E-state index contributed by atoms with van der Waals surface area (Å²) in [5, 5.41) is 8.71. The van der Waals surface area contributed by atoms with Crippen LogP contribution in [0.3, 0.4) is 0 Å². The number of carboxylic acids is 1. The van der Waals surface area contributed by atoms with Crippen LogP contribution in [0, 0.1) is 0 Å². The van der Waals surface area contributed by atoms with Crippen molar-refractivity contribution in [2.24, 2.45) is 0 Å². The van der Waals surface area contributed by atoms with E-state index in [9.17, 15) is 19.2 Å². The molecule has 1 aromatic rings. The number of aliphatic carboxylic acids is 1. The predicted molar refractivity (Wildman–Crippen MR) is 90.8 cm³/mol. The van der Waals surface area contributed by atoms with Crippen LogP contribution >= 0.6 is 0 Å². The van der Waals surface area contributed by atoms with E-state index in [1.807, 2.05) is 6.07 Å². The Hall–Kier alpha value is -3.16. The maximum atomic E-state index is 12.3. The number of amides is 1. The molecule has 0 bridgehead atoms. The standard InChI is InChI=1S/C18H21NO7/c1-3-25-17(22)11-19(10-14-7-5-4-6-8-14)15(20)12-26-16(21)9-13(2)18(23)24/h4-9H,3,10-12H2,1-2H3,(H,23,24). The number of nitrogens with zero attached hydrogens (tertiary/aromatic N) is 1. The molecule has 0 aliphatic carbocycles. The second kappa shape index (κ2) is 10.7. The van der Waals surface area contributed by atoms with E-state index in [0.717, 1.165) is 11.6 Å². The summed E-state index contributed by atoms with van der Waals surface area (Å²) in [6, 6.07) is 8.98. The average Bonchev–Trinajstić information content (AvgIpc) is 2.60. The number of benzene rings is 1. The Morgan fingerprint density at radius 1 is 1.12 bits per heavy atom. The van der Waals surface area contributed by atoms with Crippen LogP contribution in [0.15, 0.2) is 42.0 Å². The van der Waals surface area contributed by atoms with E-state index in [0.29, 0.717) is 0 Å². The molecular formula is C18H21NO7. The molecule has 0 saturated heterocycles. The van der Waals surface area contributed by atoms with Crippen molar-refractivity contribution in [3.8, 4) is 0 Å². The first-order valence-corrected chi connectivity index (χ1v) is 7.89. The Balaban J connectivity index is 2.74. The molecule has 0 unspecified atom stereocenters. The van der Waals surface area contributed by atoms with Gasteiger partial charge >= 0.3 is 17.9 Å². The molecule has 0 radical (unpaired) electrons. The lowest BCUT2D eigenvalue weighted by molar-refractivity contribution is -0.153. The summed E-state index contributed by atoms with van der Waals surface area (Å²) in [7, 11) is 0. The van der Waals surface area contributed by atoms with Crippen molar-refractivity contribution in [3.63, 3.8) is 0 Å². The van der Waals surface area contributed by atoms with Gasteiger partial charge in [-0.3, -0.25) is 9.59 Å². The van der Waals surface area contributed by atoms with Crippen molar-refractivity contribution in [1.29, 1.82) is 0 Å². The Bertz CT molecular complexity index is 682. The zero-order valence-electron chi connectivity index (χ0n) is 14.6. The molecule has 140 valence electrons. The highest BCUT2D eigenvalue weighted by Gasteiger charge is 2.20. The first kappa shape index (κ1) is 20.9. The summed E-state index contributed by atoms with van der Waals surface area (Å²) < 4.78 is 9.61. The third kappa shape index (κ3) is 7.61. The van der Waals surface area contributed by atoms with E-state index in [1.165, 1.54) is 11.8 Å². The van der Waals surface area contributed by atoms with Crippen LogP contribution in [0.25, 0.3) is 0 Å². The average molecular weight is 363 g/mol. The monoisotopic (exact) mass is 363 g/mol.